The maximum absolute atomic E-state index is 11.2. The molecule has 3 rings (SSSR count). The average molecular weight is 447 g/mol. The van der Waals surface area contributed by atoms with Gasteiger partial charge in [-0.05, 0) is 54.5 Å². The van der Waals surface area contributed by atoms with Crippen LogP contribution in [0.15, 0.2) is 48.7 Å². The normalized spacial score (nSPS) is 11.6. The van der Waals surface area contributed by atoms with Crippen LogP contribution in [0.5, 0.6) is 27.5 Å². The number of aromatic nitrogens is 1. The van der Waals surface area contributed by atoms with Gasteiger partial charge in [0.05, 0.1) is 23.9 Å². The molecule has 1 amide bonds. The van der Waals surface area contributed by atoms with Crippen molar-refractivity contribution in [2.45, 2.75) is 33.2 Å². The van der Waals surface area contributed by atoms with Crippen molar-refractivity contribution in [2.24, 2.45) is 0 Å². The molecule has 0 saturated heterocycles. The summed E-state index contributed by atoms with van der Waals surface area (Å²) in [6.45, 7) is 6.11. The fraction of sp³-hybridized carbons (Fsp3) is 0.273. The van der Waals surface area contributed by atoms with Gasteiger partial charge < -0.3 is 19.5 Å². The fourth-order valence-corrected chi connectivity index (χ4v) is 3.50. The van der Waals surface area contributed by atoms with Gasteiger partial charge in [0.25, 0.3) is 5.19 Å². The van der Waals surface area contributed by atoms with Gasteiger partial charge in [0.1, 0.15) is 17.2 Å². The lowest BCUT2D eigenvalue weighted by atomic mass is 10.1. The van der Waals surface area contributed by atoms with E-state index in [4.69, 9.17) is 25.8 Å². The van der Waals surface area contributed by atoms with Gasteiger partial charge in [0.15, 0.2) is 0 Å². The monoisotopic (exact) mass is 446 g/mol. The molecule has 1 atom stereocenters. The van der Waals surface area contributed by atoms with Gasteiger partial charge in [-0.3, -0.25) is 4.79 Å². The quantitative estimate of drug-likeness (QED) is 0.413. The second kappa shape index (κ2) is 10.3. The molecule has 30 heavy (non-hydrogen) atoms. The van der Waals surface area contributed by atoms with Crippen molar-refractivity contribution < 1.29 is 19.0 Å². The lowest BCUT2D eigenvalue weighted by molar-refractivity contribution is -0.119. The zero-order valence-electron chi connectivity index (χ0n) is 17.0. The van der Waals surface area contributed by atoms with Crippen molar-refractivity contribution in [1.82, 2.24) is 10.3 Å². The first-order valence-electron chi connectivity index (χ1n) is 9.55. The van der Waals surface area contributed by atoms with Gasteiger partial charge in [0.2, 0.25) is 11.0 Å². The molecule has 0 aliphatic carbocycles. The number of hydrogen-bond acceptors (Lipinski definition) is 6. The number of hydrogen-bond donors (Lipinski definition) is 1. The van der Waals surface area contributed by atoms with E-state index in [9.17, 15) is 4.79 Å². The number of ether oxygens (including phenoxy) is 3. The molecule has 0 bridgehead atoms. The zero-order valence-corrected chi connectivity index (χ0v) is 18.5. The van der Waals surface area contributed by atoms with Crippen LogP contribution in [0, 0.1) is 0 Å². The molecule has 0 aliphatic heterocycles. The Labute approximate surface area is 184 Å². The van der Waals surface area contributed by atoms with E-state index in [-0.39, 0.29) is 11.9 Å². The van der Waals surface area contributed by atoms with Crippen molar-refractivity contribution in [1.29, 1.82) is 0 Å². The van der Waals surface area contributed by atoms with Crippen LogP contribution in [-0.4, -0.2) is 17.5 Å². The predicted octanol–water partition coefficient (Wildman–Crippen LogP) is 6.37. The molecule has 8 heteroatoms. The van der Waals surface area contributed by atoms with Gasteiger partial charge >= 0.3 is 0 Å². The zero-order chi connectivity index (χ0) is 21.5. The summed E-state index contributed by atoms with van der Waals surface area (Å²) >= 11 is 7.55. The first-order chi connectivity index (χ1) is 14.4. The molecule has 0 saturated carbocycles. The van der Waals surface area contributed by atoms with Gasteiger partial charge in [0, 0.05) is 13.0 Å². The summed E-state index contributed by atoms with van der Waals surface area (Å²) in [6, 6.07) is 12.7. The molecule has 6 nitrogen and oxygen atoms in total. The summed E-state index contributed by atoms with van der Waals surface area (Å²) < 4.78 is 17.2. The van der Waals surface area contributed by atoms with Crippen molar-refractivity contribution in [3.05, 3.63) is 59.2 Å². The van der Waals surface area contributed by atoms with Crippen molar-refractivity contribution in [3.8, 4) is 27.5 Å². The number of nitrogens with one attached hydrogen (secondary N) is 1. The fourth-order valence-electron chi connectivity index (χ4n) is 2.64. The molecule has 0 aliphatic rings. The van der Waals surface area contributed by atoms with E-state index in [2.05, 4.69) is 10.3 Å². The highest BCUT2D eigenvalue weighted by molar-refractivity contribution is 7.15. The Morgan fingerprint density at radius 1 is 1.17 bits per heavy atom. The van der Waals surface area contributed by atoms with E-state index in [1.165, 1.54) is 18.3 Å². The number of carbonyl (C=O) groups excluding carboxylic acids is 1. The number of carbonyl (C=O) groups is 1. The van der Waals surface area contributed by atoms with Crippen molar-refractivity contribution in [3.63, 3.8) is 0 Å². The van der Waals surface area contributed by atoms with Crippen LogP contribution in [-0.2, 0) is 4.79 Å². The summed E-state index contributed by atoms with van der Waals surface area (Å²) in [5.74, 6) is 1.80. The Kier molecular flexibility index (Phi) is 7.54. The lowest BCUT2D eigenvalue weighted by Crippen LogP contribution is -2.23. The third kappa shape index (κ3) is 6.11. The Bertz CT molecular complexity index is 991. The number of rotatable bonds is 9. The van der Waals surface area contributed by atoms with Crippen LogP contribution in [0.2, 0.25) is 5.02 Å². The second-order valence-corrected chi connectivity index (χ2v) is 7.94. The Hall–Kier alpha value is -2.77. The summed E-state index contributed by atoms with van der Waals surface area (Å²) in [5, 5.41) is 4.31. The molecule has 0 spiro atoms. The SMILES string of the molecule is CCCOc1ccc(Oc2ncc(Oc3ccc(C(C)NC(C)=O)cc3)s2)c(Cl)c1. The van der Waals surface area contributed by atoms with Crippen molar-refractivity contribution in [2.75, 3.05) is 6.61 Å². The standard InChI is InChI=1S/C22H23ClN2O4S/c1-4-11-27-18-9-10-20(19(23)12-18)29-22-24-13-21(30-22)28-17-7-5-16(6-8-17)14(2)25-15(3)26/h5-10,12-14H,4,11H2,1-3H3,(H,25,26). The van der Waals surface area contributed by atoms with Crippen LogP contribution in [0.3, 0.4) is 0 Å². The highest BCUT2D eigenvalue weighted by atomic mass is 35.5. The Balaban J connectivity index is 1.61. The third-order valence-electron chi connectivity index (χ3n) is 4.06. The van der Waals surface area contributed by atoms with Crippen LogP contribution < -0.4 is 19.5 Å². The molecule has 158 valence electrons. The van der Waals surface area contributed by atoms with E-state index in [1.54, 1.807) is 18.3 Å². The summed E-state index contributed by atoms with van der Waals surface area (Å²) in [7, 11) is 0. The Morgan fingerprint density at radius 2 is 1.90 bits per heavy atom. The highest BCUT2D eigenvalue weighted by Crippen LogP contribution is 2.37. The number of halogens is 1. The van der Waals surface area contributed by atoms with E-state index in [0.29, 0.717) is 39.1 Å². The minimum Gasteiger partial charge on any atom is -0.494 e. The number of benzene rings is 2. The first kappa shape index (κ1) is 21.9. The van der Waals surface area contributed by atoms with Gasteiger partial charge in [-0.25, -0.2) is 4.98 Å². The largest absolute Gasteiger partial charge is 0.494 e. The average Bonchev–Trinajstić information content (AvgIpc) is 3.15. The topological polar surface area (TPSA) is 69.7 Å². The summed E-state index contributed by atoms with van der Waals surface area (Å²) in [5.41, 5.74) is 0.992. The maximum atomic E-state index is 11.2. The molecule has 3 aromatic rings. The Morgan fingerprint density at radius 3 is 2.57 bits per heavy atom. The van der Waals surface area contributed by atoms with E-state index in [1.807, 2.05) is 44.2 Å². The van der Waals surface area contributed by atoms with Crippen LogP contribution in [0.25, 0.3) is 0 Å². The first-order valence-corrected chi connectivity index (χ1v) is 10.7. The third-order valence-corrected chi connectivity index (χ3v) is 5.10. The number of thiazole rings is 1. The van der Waals surface area contributed by atoms with Gasteiger partial charge in [-0.15, -0.1) is 0 Å². The van der Waals surface area contributed by atoms with Crippen LogP contribution in [0.4, 0.5) is 0 Å². The highest BCUT2D eigenvalue weighted by Gasteiger charge is 2.11. The smallest absolute Gasteiger partial charge is 0.282 e. The molecule has 1 heterocycles. The number of nitrogens with zero attached hydrogens (tertiary/aromatic N) is 1. The summed E-state index contributed by atoms with van der Waals surface area (Å²) in [6.07, 6.45) is 2.52. The molecule has 0 radical (unpaired) electrons. The van der Waals surface area contributed by atoms with Crippen LogP contribution in [0.1, 0.15) is 38.8 Å². The maximum Gasteiger partial charge on any atom is 0.282 e. The van der Waals surface area contributed by atoms with Gasteiger partial charge in [-0.1, -0.05) is 30.7 Å². The molecule has 0 fully saturated rings. The molecular weight excluding hydrogens is 424 g/mol. The second-order valence-electron chi connectivity index (χ2n) is 6.58. The molecular formula is C22H23ClN2O4S. The molecule has 1 N–H and O–H groups in total. The predicted molar refractivity (Wildman–Crippen MR) is 118 cm³/mol. The van der Waals surface area contributed by atoms with E-state index in [0.717, 1.165) is 12.0 Å². The summed E-state index contributed by atoms with van der Waals surface area (Å²) in [4.78, 5) is 15.4. The molecule has 1 unspecified atom stereocenters. The number of amides is 1. The van der Waals surface area contributed by atoms with Crippen molar-refractivity contribution >= 4 is 28.8 Å². The minimum absolute atomic E-state index is 0.0662. The minimum atomic E-state index is -0.0664. The van der Waals surface area contributed by atoms with Gasteiger partial charge in [-0.2, -0.15) is 0 Å². The molecule has 2 aromatic carbocycles. The van der Waals surface area contributed by atoms with Crippen LogP contribution >= 0.6 is 22.9 Å². The molecule has 1 aromatic heterocycles. The van der Waals surface area contributed by atoms with E-state index >= 15 is 0 Å². The van der Waals surface area contributed by atoms with E-state index < -0.39 is 0 Å². The lowest BCUT2D eigenvalue weighted by Gasteiger charge is -2.13.